The van der Waals surface area contributed by atoms with Gasteiger partial charge in [-0.2, -0.15) is 15.0 Å². The molecule has 0 radical (unpaired) electrons. The minimum atomic E-state index is 0.170. The van der Waals surface area contributed by atoms with Crippen molar-refractivity contribution in [2.24, 2.45) is 5.92 Å². The molecule has 1 aliphatic rings. The molecule has 0 unspecified atom stereocenters. The van der Waals surface area contributed by atoms with E-state index in [1.165, 1.54) is 25.7 Å². The molecule has 2 rings (SSSR count). The van der Waals surface area contributed by atoms with Crippen molar-refractivity contribution in [1.29, 1.82) is 0 Å². The second kappa shape index (κ2) is 5.49. The Bertz CT molecular complexity index is 356. The van der Waals surface area contributed by atoms with Crippen LogP contribution in [0.25, 0.3) is 0 Å². The van der Waals surface area contributed by atoms with Gasteiger partial charge < -0.3 is 10.6 Å². The SMILES string of the molecule is CCCC1CCN(c2nc(N)nc(Cl)n2)CC1. The van der Waals surface area contributed by atoms with Crippen molar-refractivity contribution < 1.29 is 0 Å². The maximum Gasteiger partial charge on any atom is 0.231 e. The maximum atomic E-state index is 5.78. The van der Waals surface area contributed by atoms with Gasteiger partial charge in [0.25, 0.3) is 0 Å². The Hall–Kier alpha value is -1.10. The number of hydrogen-bond acceptors (Lipinski definition) is 5. The first kappa shape index (κ1) is 12.4. The summed E-state index contributed by atoms with van der Waals surface area (Å²) in [5.41, 5.74) is 5.57. The van der Waals surface area contributed by atoms with Gasteiger partial charge in [0.2, 0.25) is 17.2 Å². The standard InChI is InChI=1S/C11H18ClN5/c1-2-3-8-4-6-17(7-5-8)11-15-9(12)14-10(13)16-11/h8H,2-7H2,1H3,(H2,13,14,15,16). The van der Waals surface area contributed by atoms with E-state index in [1.807, 2.05) is 0 Å². The fraction of sp³-hybridized carbons (Fsp3) is 0.727. The van der Waals surface area contributed by atoms with E-state index in [2.05, 4.69) is 26.8 Å². The molecule has 2 heterocycles. The molecule has 2 N–H and O–H groups in total. The highest BCUT2D eigenvalue weighted by Crippen LogP contribution is 2.24. The average molecular weight is 256 g/mol. The van der Waals surface area contributed by atoms with Gasteiger partial charge in [0, 0.05) is 13.1 Å². The molecular weight excluding hydrogens is 238 g/mol. The number of hydrogen-bond donors (Lipinski definition) is 1. The number of aromatic nitrogens is 3. The minimum absolute atomic E-state index is 0.170. The van der Waals surface area contributed by atoms with Crippen LogP contribution in [0.4, 0.5) is 11.9 Å². The van der Waals surface area contributed by atoms with Crippen molar-refractivity contribution in [2.45, 2.75) is 32.6 Å². The van der Waals surface area contributed by atoms with E-state index in [4.69, 9.17) is 17.3 Å². The van der Waals surface area contributed by atoms with Crippen molar-refractivity contribution >= 4 is 23.5 Å². The predicted octanol–water partition coefficient (Wildman–Crippen LogP) is 2.12. The van der Waals surface area contributed by atoms with E-state index in [0.717, 1.165) is 19.0 Å². The summed E-state index contributed by atoms with van der Waals surface area (Å²) < 4.78 is 0. The van der Waals surface area contributed by atoms with Gasteiger partial charge in [-0.25, -0.2) is 0 Å². The van der Waals surface area contributed by atoms with E-state index in [-0.39, 0.29) is 11.2 Å². The summed E-state index contributed by atoms with van der Waals surface area (Å²) in [6.07, 6.45) is 4.96. The number of rotatable bonds is 3. The minimum Gasteiger partial charge on any atom is -0.368 e. The van der Waals surface area contributed by atoms with Gasteiger partial charge in [-0.1, -0.05) is 19.8 Å². The van der Waals surface area contributed by atoms with Crippen LogP contribution < -0.4 is 10.6 Å². The molecule has 94 valence electrons. The summed E-state index contributed by atoms with van der Waals surface area (Å²) in [5.74, 6) is 1.64. The number of anilines is 2. The third-order valence-corrected chi connectivity index (χ3v) is 3.38. The highest BCUT2D eigenvalue weighted by atomic mass is 35.5. The molecule has 5 nitrogen and oxygen atoms in total. The third kappa shape index (κ3) is 3.19. The lowest BCUT2D eigenvalue weighted by Gasteiger charge is -2.31. The van der Waals surface area contributed by atoms with Crippen molar-refractivity contribution in [3.05, 3.63) is 5.28 Å². The quantitative estimate of drug-likeness (QED) is 0.896. The van der Waals surface area contributed by atoms with Gasteiger partial charge in [-0.15, -0.1) is 0 Å². The summed E-state index contributed by atoms with van der Waals surface area (Å²) in [5, 5.41) is 0.170. The molecular formula is C11H18ClN5. The fourth-order valence-corrected chi connectivity index (χ4v) is 2.49. The Labute approximate surface area is 106 Å². The molecule has 0 atom stereocenters. The first-order valence-electron chi connectivity index (χ1n) is 6.11. The van der Waals surface area contributed by atoms with Crippen LogP contribution in [0.2, 0.25) is 5.28 Å². The van der Waals surface area contributed by atoms with Crippen LogP contribution in [0.15, 0.2) is 0 Å². The van der Waals surface area contributed by atoms with Crippen molar-refractivity contribution in [3.8, 4) is 0 Å². The largest absolute Gasteiger partial charge is 0.368 e. The summed E-state index contributed by atoms with van der Waals surface area (Å²) >= 11 is 5.78. The lowest BCUT2D eigenvalue weighted by atomic mass is 9.93. The Morgan fingerprint density at radius 2 is 2.00 bits per heavy atom. The molecule has 1 fully saturated rings. The van der Waals surface area contributed by atoms with Crippen LogP contribution >= 0.6 is 11.6 Å². The molecule has 1 aliphatic heterocycles. The smallest absolute Gasteiger partial charge is 0.231 e. The van der Waals surface area contributed by atoms with Gasteiger partial charge in [0.15, 0.2) is 0 Å². The zero-order valence-corrected chi connectivity index (χ0v) is 10.8. The van der Waals surface area contributed by atoms with Gasteiger partial charge >= 0.3 is 0 Å². The van der Waals surface area contributed by atoms with E-state index >= 15 is 0 Å². The average Bonchev–Trinajstić information content (AvgIpc) is 2.29. The molecule has 1 saturated heterocycles. The summed E-state index contributed by atoms with van der Waals surface area (Å²) in [4.78, 5) is 14.1. The van der Waals surface area contributed by atoms with Crippen LogP contribution in [0.3, 0.4) is 0 Å². The van der Waals surface area contributed by atoms with E-state index in [9.17, 15) is 0 Å². The Morgan fingerprint density at radius 3 is 2.59 bits per heavy atom. The molecule has 0 saturated carbocycles. The first-order valence-corrected chi connectivity index (χ1v) is 6.49. The van der Waals surface area contributed by atoms with Crippen molar-refractivity contribution in [2.75, 3.05) is 23.7 Å². The van der Waals surface area contributed by atoms with Crippen LogP contribution in [0.5, 0.6) is 0 Å². The van der Waals surface area contributed by atoms with Gasteiger partial charge in [-0.3, -0.25) is 0 Å². The van der Waals surface area contributed by atoms with E-state index in [0.29, 0.717) is 5.95 Å². The molecule has 1 aromatic rings. The number of piperidine rings is 1. The molecule has 1 aromatic heterocycles. The predicted molar refractivity (Wildman–Crippen MR) is 69.1 cm³/mol. The number of nitrogens with two attached hydrogens (primary N) is 1. The molecule has 0 bridgehead atoms. The Kier molecular flexibility index (Phi) is 3.99. The molecule has 0 aromatic carbocycles. The van der Waals surface area contributed by atoms with Crippen LogP contribution in [-0.2, 0) is 0 Å². The zero-order chi connectivity index (χ0) is 12.3. The van der Waals surface area contributed by atoms with E-state index < -0.39 is 0 Å². The molecule has 0 amide bonds. The normalized spacial score (nSPS) is 17.4. The summed E-state index contributed by atoms with van der Waals surface area (Å²) in [6.45, 7) is 4.19. The van der Waals surface area contributed by atoms with Crippen LogP contribution in [0, 0.1) is 5.92 Å². The van der Waals surface area contributed by atoms with Crippen molar-refractivity contribution in [1.82, 2.24) is 15.0 Å². The highest BCUT2D eigenvalue weighted by molar-refractivity contribution is 6.28. The second-order valence-electron chi connectivity index (χ2n) is 4.48. The molecule has 17 heavy (non-hydrogen) atoms. The number of nitrogens with zero attached hydrogens (tertiary/aromatic N) is 4. The lowest BCUT2D eigenvalue weighted by molar-refractivity contribution is 0.376. The monoisotopic (exact) mass is 255 g/mol. The summed E-state index contributed by atoms with van der Waals surface area (Å²) in [6, 6.07) is 0. The molecule has 0 aliphatic carbocycles. The van der Waals surface area contributed by atoms with Gasteiger partial charge in [-0.05, 0) is 30.4 Å². The summed E-state index contributed by atoms with van der Waals surface area (Å²) in [7, 11) is 0. The second-order valence-corrected chi connectivity index (χ2v) is 4.82. The number of halogens is 1. The first-order chi connectivity index (χ1) is 8.19. The topological polar surface area (TPSA) is 67.9 Å². The number of nitrogen functional groups attached to an aromatic ring is 1. The fourth-order valence-electron chi connectivity index (χ4n) is 2.33. The lowest BCUT2D eigenvalue weighted by Crippen LogP contribution is -2.35. The zero-order valence-electron chi connectivity index (χ0n) is 10.1. The Morgan fingerprint density at radius 1 is 1.29 bits per heavy atom. The van der Waals surface area contributed by atoms with Crippen molar-refractivity contribution in [3.63, 3.8) is 0 Å². The van der Waals surface area contributed by atoms with Gasteiger partial charge in [0.1, 0.15) is 0 Å². The van der Waals surface area contributed by atoms with Crippen LogP contribution in [-0.4, -0.2) is 28.0 Å². The van der Waals surface area contributed by atoms with Gasteiger partial charge in [0.05, 0.1) is 0 Å². The Balaban J connectivity index is 2.00. The highest BCUT2D eigenvalue weighted by Gasteiger charge is 2.20. The third-order valence-electron chi connectivity index (χ3n) is 3.21. The van der Waals surface area contributed by atoms with E-state index in [1.54, 1.807) is 0 Å². The maximum absolute atomic E-state index is 5.78. The molecule has 6 heteroatoms. The molecule has 0 spiro atoms. The van der Waals surface area contributed by atoms with Crippen LogP contribution in [0.1, 0.15) is 32.6 Å².